The van der Waals surface area contributed by atoms with Gasteiger partial charge in [0.25, 0.3) is 5.91 Å². The van der Waals surface area contributed by atoms with Crippen LogP contribution in [-0.2, 0) is 16.0 Å². The smallest absolute Gasteiger partial charge is 0.251 e. The molecule has 0 saturated heterocycles. The number of anilines is 1. The molecule has 3 N–H and O–H groups in total. The number of nitrogens with one attached hydrogen (secondary N) is 3. The predicted octanol–water partition coefficient (Wildman–Crippen LogP) is 2.88. The zero-order chi connectivity index (χ0) is 20.2. The van der Waals surface area contributed by atoms with E-state index in [0.717, 1.165) is 12.8 Å². The first-order valence-electron chi connectivity index (χ1n) is 9.21. The number of aryl methyl sites for hydroxylation is 1. The van der Waals surface area contributed by atoms with Crippen LogP contribution in [0, 0.1) is 0 Å². The maximum atomic E-state index is 12.1. The number of methoxy groups -OCH3 is 1. The Morgan fingerprint density at radius 2 is 1.82 bits per heavy atom. The normalized spacial score (nSPS) is 10.4. The molecule has 7 heteroatoms. The predicted molar refractivity (Wildman–Crippen MR) is 112 cm³/mol. The third kappa shape index (κ3) is 7.58. The summed E-state index contributed by atoms with van der Waals surface area (Å²) in [6.45, 7) is 1.55. The number of hydrogen-bond acceptors (Lipinski definition) is 4. The van der Waals surface area contributed by atoms with E-state index in [0.29, 0.717) is 36.0 Å². The minimum Gasteiger partial charge on any atom is -0.383 e. The van der Waals surface area contributed by atoms with Crippen molar-refractivity contribution in [3.63, 3.8) is 0 Å². The zero-order valence-corrected chi connectivity index (χ0v) is 16.7. The van der Waals surface area contributed by atoms with Crippen molar-refractivity contribution < 1.29 is 14.3 Å². The second-order valence-electron chi connectivity index (χ2n) is 6.24. The first kappa shape index (κ1) is 21.7. The van der Waals surface area contributed by atoms with Crippen molar-refractivity contribution in [1.82, 2.24) is 10.6 Å². The highest BCUT2D eigenvalue weighted by atomic mass is 35.5. The molecule has 0 aliphatic heterocycles. The molecule has 0 aromatic heterocycles. The molecule has 2 aromatic rings. The van der Waals surface area contributed by atoms with Gasteiger partial charge in [0.1, 0.15) is 0 Å². The second kappa shape index (κ2) is 12.0. The van der Waals surface area contributed by atoms with Crippen molar-refractivity contribution in [2.24, 2.45) is 0 Å². The second-order valence-corrected chi connectivity index (χ2v) is 6.64. The maximum absolute atomic E-state index is 12.1. The number of rotatable bonds is 11. The van der Waals surface area contributed by atoms with Gasteiger partial charge in [-0.15, -0.1) is 0 Å². The number of carbonyl (C=O) groups is 2. The molecule has 0 saturated carbocycles. The molecule has 0 bridgehead atoms. The molecule has 0 radical (unpaired) electrons. The molecule has 2 rings (SSSR count). The Morgan fingerprint density at radius 3 is 2.57 bits per heavy atom. The third-order valence-electron chi connectivity index (χ3n) is 4.07. The lowest BCUT2D eigenvalue weighted by molar-refractivity contribution is -0.119. The van der Waals surface area contributed by atoms with Crippen LogP contribution in [0.2, 0.25) is 5.02 Å². The highest BCUT2D eigenvalue weighted by Gasteiger charge is 2.09. The van der Waals surface area contributed by atoms with Gasteiger partial charge in [-0.3, -0.25) is 9.59 Å². The molecule has 6 nitrogen and oxygen atoms in total. The van der Waals surface area contributed by atoms with Crippen molar-refractivity contribution in [2.75, 3.05) is 38.7 Å². The van der Waals surface area contributed by atoms with Gasteiger partial charge in [-0.1, -0.05) is 41.9 Å². The van der Waals surface area contributed by atoms with E-state index >= 15 is 0 Å². The first-order valence-corrected chi connectivity index (χ1v) is 9.59. The Hall–Kier alpha value is -2.57. The molecule has 0 fully saturated rings. The van der Waals surface area contributed by atoms with Gasteiger partial charge in [-0.05, 0) is 36.6 Å². The SMILES string of the molecule is COCCNC(=O)c1ccc(Cl)c(NCC(=O)NCCCc2ccccc2)c1. The molecule has 0 heterocycles. The van der Waals surface area contributed by atoms with Gasteiger partial charge in [0.2, 0.25) is 5.91 Å². The fourth-order valence-corrected chi connectivity index (χ4v) is 2.76. The van der Waals surface area contributed by atoms with Gasteiger partial charge < -0.3 is 20.7 Å². The fraction of sp³-hybridized carbons (Fsp3) is 0.333. The zero-order valence-electron chi connectivity index (χ0n) is 16.0. The summed E-state index contributed by atoms with van der Waals surface area (Å²) < 4.78 is 4.91. The summed E-state index contributed by atoms with van der Waals surface area (Å²) >= 11 is 6.16. The van der Waals surface area contributed by atoms with Gasteiger partial charge in [-0.2, -0.15) is 0 Å². The van der Waals surface area contributed by atoms with E-state index in [9.17, 15) is 9.59 Å². The van der Waals surface area contributed by atoms with Crippen molar-refractivity contribution in [1.29, 1.82) is 0 Å². The fourth-order valence-electron chi connectivity index (χ4n) is 2.57. The van der Waals surface area contributed by atoms with Crippen LogP contribution in [-0.4, -0.2) is 45.2 Å². The largest absolute Gasteiger partial charge is 0.383 e. The van der Waals surface area contributed by atoms with Crippen LogP contribution in [0.4, 0.5) is 5.69 Å². The summed E-state index contributed by atoms with van der Waals surface area (Å²) in [7, 11) is 1.57. The Morgan fingerprint density at radius 1 is 1.04 bits per heavy atom. The van der Waals surface area contributed by atoms with Crippen LogP contribution < -0.4 is 16.0 Å². The Bertz CT molecular complexity index is 769. The minimum atomic E-state index is -0.220. The standard InChI is InChI=1S/C21H26ClN3O3/c1-28-13-12-24-21(27)17-9-10-18(22)19(14-17)25-15-20(26)23-11-5-8-16-6-3-2-4-7-16/h2-4,6-7,9-10,14,25H,5,8,11-13,15H2,1H3,(H,23,26)(H,24,27). The average molecular weight is 404 g/mol. The van der Waals surface area contributed by atoms with Crippen LogP contribution in [0.15, 0.2) is 48.5 Å². The van der Waals surface area contributed by atoms with Gasteiger partial charge in [0.05, 0.1) is 23.9 Å². The number of hydrogen-bond donors (Lipinski definition) is 3. The minimum absolute atomic E-state index is 0.0831. The molecule has 150 valence electrons. The van der Waals surface area contributed by atoms with Crippen molar-refractivity contribution in [3.05, 3.63) is 64.7 Å². The molecular weight excluding hydrogens is 378 g/mol. The molecule has 0 unspecified atom stereocenters. The summed E-state index contributed by atoms with van der Waals surface area (Å²) in [5, 5.41) is 9.06. The number of ether oxygens (including phenoxy) is 1. The van der Waals surface area contributed by atoms with Gasteiger partial charge in [0.15, 0.2) is 0 Å². The number of halogens is 1. The molecule has 2 aromatic carbocycles. The Balaban J connectivity index is 1.75. The van der Waals surface area contributed by atoms with E-state index in [2.05, 4.69) is 28.1 Å². The molecule has 28 heavy (non-hydrogen) atoms. The quantitative estimate of drug-likeness (QED) is 0.504. The number of benzene rings is 2. The van der Waals surface area contributed by atoms with Crippen LogP contribution in [0.5, 0.6) is 0 Å². The van der Waals surface area contributed by atoms with E-state index in [1.54, 1.807) is 25.3 Å². The molecule has 0 spiro atoms. The van der Waals surface area contributed by atoms with E-state index in [4.69, 9.17) is 16.3 Å². The third-order valence-corrected chi connectivity index (χ3v) is 4.40. The summed E-state index contributed by atoms with van der Waals surface area (Å²) in [4.78, 5) is 24.1. The van der Waals surface area contributed by atoms with E-state index in [-0.39, 0.29) is 18.4 Å². The van der Waals surface area contributed by atoms with Crippen LogP contribution in [0.3, 0.4) is 0 Å². The summed E-state index contributed by atoms with van der Waals surface area (Å²) in [5.41, 5.74) is 2.26. The van der Waals surface area contributed by atoms with Crippen molar-refractivity contribution in [2.45, 2.75) is 12.8 Å². The van der Waals surface area contributed by atoms with Crippen LogP contribution >= 0.6 is 11.6 Å². The van der Waals surface area contributed by atoms with Gasteiger partial charge in [0, 0.05) is 25.8 Å². The molecule has 0 atom stereocenters. The lowest BCUT2D eigenvalue weighted by atomic mass is 10.1. The molecule has 0 aliphatic rings. The maximum Gasteiger partial charge on any atom is 0.251 e. The summed E-state index contributed by atoms with van der Waals surface area (Å²) in [6, 6.07) is 15.0. The monoisotopic (exact) mass is 403 g/mol. The average Bonchev–Trinajstić information content (AvgIpc) is 2.71. The van der Waals surface area contributed by atoms with Crippen LogP contribution in [0.1, 0.15) is 22.3 Å². The first-order chi connectivity index (χ1) is 13.6. The van der Waals surface area contributed by atoms with E-state index < -0.39 is 0 Å². The highest BCUT2D eigenvalue weighted by Crippen LogP contribution is 2.22. The van der Waals surface area contributed by atoms with Crippen molar-refractivity contribution >= 4 is 29.1 Å². The molecular formula is C21H26ClN3O3. The number of carbonyl (C=O) groups excluding carboxylic acids is 2. The molecule has 0 aliphatic carbocycles. The Labute approximate surface area is 170 Å². The lowest BCUT2D eigenvalue weighted by Crippen LogP contribution is -2.31. The highest BCUT2D eigenvalue weighted by molar-refractivity contribution is 6.33. The number of amides is 2. The van der Waals surface area contributed by atoms with E-state index in [1.165, 1.54) is 5.56 Å². The van der Waals surface area contributed by atoms with Gasteiger partial charge >= 0.3 is 0 Å². The van der Waals surface area contributed by atoms with Gasteiger partial charge in [-0.25, -0.2) is 0 Å². The lowest BCUT2D eigenvalue weighted by Gasteiger charge is -2.11. The van der Waals surface area contributed by atoms with Crippen LogP contribution in [0.25, 0.3) is 0 Å². The van der Waals surface area contributed by atoms with E-state index in [1.807, 2.05) is 18.2 Å². The Kier molecular flexibility index (Phi) is 9.31. The summed E-state index contributed by atoms with van der Waals surface area (Å²) in [5.74, 6) is -0.346. The van der Waals surface area contributed by atoms with Crippen molar-refractivity contribution in [3.8, 4) is 0 Å². The summed E-state index contributed by atoms with van der Waals surface area (Å²) in [6.07, 6.45) is 1.79. The topological polar surface area (TPSA) is 79.5 Å². The molecule has 2 amide bonds.